The lowest BCUT2D eigenvalue weighted by molar-refractivity contribution is 0.737. The van der Waals surface area contributed by atoms with E-state index in [1.807, 2.05) is 18.5 Å². The highest BCUT2D eigenvalue weighted by atomic mass is 15.4. The lowest BCUT2D eigenvalue weighted by Crippen LogP contribution is -2.16. The standard InChI is InChI=1S/C14H23N7/c1-5-8-11-17-13(19-15)9(4)14(18-11)21-12(7-3)16-10(6-2)20-21/h5-8,15H2,1-4H3,(H,17,18,19). The topological polar surface area (TPSA) is 94.5 Å². The highest BCUT2D eigenvalue weighted by Crippen LogP contribution is 2.20. The van der Waals surface area contributed by atoms with Crippen molar-refractivity contribution in [2.45, 2.75) is 53.4 Å². The number of nitrogens with zero attached hydrogens (tertiary/aromatic N) is 5. The summed E-state index contributed by atoms with van der Waals surface area (Å²) in [6.45, 7) is 8.14. The first-order chi connectivity index (χ1) is 10.1. The Kier molecular flexibility index (Phi) is 4.85. The van der Waals surface area contributed by atoms with Gasteiger partial charge in [-0.2, -0.15) is 4.68 Å². The molecule has 7 heteroatoms. The van der Waals surface area contributed by atoms with Crippen LogP contribution in [0.2, 0.25) is 0 Å². The Morgan fingerprint density at radius 3 is 2.38 bits per heavy atom. The van der Waals surface area contributed by atoms with Gasteiger partial charge in [0.25, 0.3) is 0 Å². The number of aromatic nitrogens is 5. The van der Waals surface area contributed by atoms with E-state index in [9.17, 15) is 0 Å². The van der Waals surface area contributed by atoms with E-state index in [-0.39, 0.29) is 0 Å². The van der Waals surface area contributed by atoms with Crippen molar-refractivity contribution in [3.8, 4) is 5.82 Å². The van der Waals surface area contributed by atoms with Crippen LogP contribution in [-0.2, 0) is 19.3 Å². The van der Waals surface area contributed by atoms with Crippen LogP contribution in [0.1, 0.15) is 50.2 Å². The van der Waals surface area contributed by atoms with Gasteiger partial charge < -0.3 is 5.43 Å². The van der Waals surface area contributed by atoms with Crippen LogP contribution in [0.3, 0.4) is 0 Å². The summed E-state index contributed by atoms with van der Waals surface area (Å²) >= 11 is 0. The highest BCUT2D eigenvalue weighted by molar-refractivity contribution is 5.51. The van der Waals surface area contributed by atoms with Crippen LogP contribution in [0.5, 0.6) is 0 Å². The third kappa shape index (κ3) is 3.02. The number of nitrogens with one attached hydrogen (secondary N) is 1. The summed E-state index contributed by atoms with van der Waals surface area (Å²) in [5.41, 5.74) is 3.52. The molecular weight excluding hydrogens is 266 g/mol. The molecule has 0 aliphatic heterocycles. The molecule has 0 aliphatic carbocycles. The van der Waals surface area contributed by atoms with Gasteiger partial charge in [-0.1, -0.05) is 20.8 Å². The van der Waals surface area contributed by atoms with Crippen LogP contribution in [0.25, 0.3) is 5.82 Å². The molecule has 21 heavy (non-hydrogen) atoms. The minimum absolute atomic E-state index is 0.638. The summed E-state index contributed by atoms with van der Waals surface area (Å²) in [5.74, 6) is 9.46. The SMILES string of the molecule is CCCc1nc(NN)c(C)c(-n2nc(CC)nc2CC)n1. The molecule has 0 saturated carbocycles. The van der Waals surface area contributed by atoms with Gasteiger partial charge in [0, 0.05) is 24.8 Å². The molecule has 7 nitrogen and oxygen atoms in total. The van der Waals surface area contributed by atoms with Crippen molar-refractivity contribution in [1.82, 2.24) is 24.7 Å². The molecule has 0 bridgehead atoms. The number of aryl methyl sites for hydroxylation is 3. The van der Waals surface area contributed by atoms with E-state index >= 15 is 0 Å². The third-order valence-corrected chi connectivity index (χ3v) is 3.33. The van der Waals surface area contributed by atoms with Crippen LogP contribution >= 0.6 is 0 Å². The van der Waals surface area contributed by atoms with Crippen molar-refractivity contribution in [3.05, 3.63) is 23.0 Å². The van der Waals surface area contributed by atoms with Crippen LogP contribution in [0.15, 0.2) is 0 Å². The molecule has 2 aromatic rings. The average molecular weight is 289 g/mol. The van der Waals surface area contributed by atoms with Crippen LogP contribution in [0, 0.1) is 6.92 Å². The van der Waals surface area contributed by atoms with Gasteiger partial charge >= 0.3 is 0 Å². The Bertz CT molecular complexity index is 618. The lowest BCUT2D eigenvalue weighted by Gasteiger charge is -2.12. The van der Waals surface area contributed by atoms with E-state index in [1.54, 1.807) is 0 Å². The number of hydrogen-bond acceptors (Lipinski definition) is 6. The van der Waals surface area contributed by atoms with Gasteiger partial charge in [-0.15, -0.1) is 5.10 Å². The number of anilines is 1. The van der Waals surface area contributed by atoms with Gasteiger partial charge in [0.2, 0.25) is 0 Å². The molecule has 2 rings (SSSR count). The smallest absolute Gasteiger partial charge is 0.164 e. The molecule has 0 unspecified atom stereocenters. The number of rotatable bonds is 6. The molecule has 2 aromatic heterocycles. The Morgan fingerprint density at radius 2 is 1.81 bits per heavy atom. The van der Waals surface area contributed by atoms with E-state index in [0.717, 1.165) is 54.5 Å². The summed E-state index contributed by atoms with van der Waals surface area (Å²) in [5, 5.41) is 4.55. The van der Waals surface area contributed by atoms with E-state index in [2.05, 4.69) is 39.3 Å². The monoisotopic (exact) mass is 289 g/mol. The minimum Gasteiger partial charge on any atom is -0.308 e. The first kappa shape index (κ1) is 15.4. The van der Waals surface area contributed by atoms with Crippen molar-refractivity contribution < 1.29 is 0 Å². The average Bonchev–Trinajstić information content (AvgIpc) is 2.92. The van der Waals surface area contributed by atoms with Crippen molar-refractivity contribution in [1.29, 1.82) is 0 Å². The molecule has 2 heterocycles. The minimum atomic E-state index is 0.638. The summed E-state index contributed by atoms with van der Waals surface area (Å²) < 4.78 is 1.82. The number of nitrogens with two attached hydrogens (primary N) is 1. The number of nitrogen functional groups attached to an aromatic ring is 1. The van der Waals surface area contributed by atoms with Gasteiger partial charge in [-0.25, -0.2) is 20.8 Å². The van der Waals surface area contributed by atoms with Crippen molar-refractivity contribution in [3.63, 3.8) is 0 Å². The fourth-order valence-corrected chi connectivity index (χ4v) is 2.17. The van der Waals surface area contributed by atoms with Crippen LogP contribution in [0.4, 0.5) is 5.82 Å². The second kappa shape index (κ2) is 6.62. The lowest BCUT2D eigenvalue weighted by atomic mass is 10.2. The zero-order chi connectivity index (χ0) is 15.4. The van der Waals surface area contributed by atoms with Crippen molar-refractivity contribution in [2.75, 3.05) is 5.43 Å². The van der Waals surface area contributed by atoms with E-state index in [0.29, 0.717) is 5.82 Å². The fourth-order valence-electron chi connectivity index (χ4n) is 2.17. The highest BCUT2D eigenvalue weighted by Gasteiger charge is 2.16. The second-order valence-electron chi connectivity index (χ2n) is 4.89. The van der Waals surface area contributed by atoms with E-state index in [4.69, 9.17) is 5.84 Å². The third-order valence-electron chi connectivity index (χ3n) is 3.33. The zero-order valence-corrected chi connectivity index (χ0v) is 13.1. The van der Waals surface area contributed by atoms with Crippen LogP contribution in [-0.4, -0.2) is 24.7 Å². The number of hydrogen-bond donors (Lipinski definition) is 2. The van der Waals surface area contributed by atoms with Gasteiger partial charge in [0.15, 0.2) is 11.6 Å². The summed E-state index contributed by atoms with van der Waals surface area (Å²) in [7, 11) is 0. The van der Waals surface area contributed by atoms with Gasteiger partial charge in [-0.05, 0) is 13.3 Å². The molecule has 0 amide bonds. The largest absolute Gasteiger partial charge is 0.308 e. The Balaban J connectivity index is 2.61. The second-order valence-corrected chi connectivity index (χ2v) is 4.89. The summed E-state index contributed by atoms with van der Waals surface area (Å²) in [6.07, 6.45) is 3.38. The van der Waals surface area contributed by atoms with Gasteiger partial charge in [0.1, 0.15) is 17.5 Å². The quantitative estimate of drug-likeness (QED) is 0.621. The molecular formula is C14H23N7. The summed E-state index contributed by atoms with van der Waals surface area (Å²) in [4.78, 5) is 13.6. The Morgan fingerprint density at radius 1 is 1.05 bits per heavy atom. The molecule has 0 aliphatic rings. The first-order valence-electron chi connectivity index (χ1n) is 7.43. The number of hydrazine groups is 1. The normalized spacial score (nSPS) is 10.9. The molecule has 0 saturated heterocycles. The zero-order valence-electron chi connectivity index (χ0n) is 13.1. The molecule has 0 aromatic carbocycles. The predicted molar refractivity (Wildman–Crippen MR) is 82.2 cm³/mol. The molecule has 0 radical (unpaired) electrons. The molecule has 3 N–H and O–H groups in total. The summed E-state index contributed by atoms with van der Waals surface area (Å²) in [6, 6.07) is 0. The van der Waals surface area contributed by atoms with Crippen LogP contribution < -0.4 is 11.3 Å². The molecule has 0 atom stereocenters. The maximum Gasteiger partial charge on any atom is 0.164 e. The van der Waals surface area contributed by atoms with Gasteiger partial charge in [-0.3, -0.25) is 0 Å². The van der Waals surface area contributed by atoms with Gasteiger partial charge in [0.05, 0.1) is 0 Å². The molecule has 0 spiro atoms. The first-order valence-corrected chi connectivity index (χ1v) is 7.43. The van der Waals surface area contributed by atoms with E-state index in [1.165, 1.54) is 0 Å². The maximum atomic E-state index is 5.58. The van der Waals surface area contributed by atoms with Crippen molar-refractivity contribution >= 4 is 5.82 Å². The molecule has 0 fully saturated rings. The van der Waals surface area contributed by atoms with E-state index < -0.39 is 0 Å². The fraction of sp³-hybridized carbons (Fsp3) is 0.571. The van der Waals surface area contributed by atoms with Crippen molar-refractivity contribution in [2.24, 2.45) is 5.84 Å². The Hall–Kier alpha value is -2.02. The Labute approximate surface area is 125 Å². The molecule has 114 valence electrons. The predicted octanol–water partition coefficient (Wildman–Crippen LogP) is 1.73. The maximum absolute atomic E-state index is 5.58.